The quantitative estimate of drug-likeness (QED) is 0.386. The molecule has 1 aliphatic carbocycles. The van der Waals surface area contributed by atoms with E-state index in [1.54, 1.807) is 6.07 Å². The summed E-state index contributed by atoms with van der Waals surface area (Å²) in [6.07, 6.45) is 5.15. The highest BCUT2D eigenvalue weighted by Crippen LogP contribution is 2.45. The van der Waals surface area contributed by atoms with E-state index >= 15 is 0 Å². The molecule has 0 spiro atoms. The Morgan fingerprint density at radius 3 is 2.39 bits per heavy atom. The van der Waals surface area contributed by atoms with Crippen LogP contribution in [0.5, 0.6) is 5.75 Å². The lowest BCUT2D eigenvalue weighted by atomic mass is 9.82. The SMILES string of the molecule is CCOc1cccc(F)c1C1=CC2CCCC(C1)N2C(=O)OCC1c2ccccc2-c2ccccc21. The second-order valence-electron chi connectivity index (χ2n) is 9.81. The first kappa shape index (κ1) is 22.8. The average Bonchev–Trinajstić information content (AvgIpc) is 3.20. The molecule has 0 radical (unpaired) electrons. The number of carbonyl (C=O) groups is 1. The predicted octanol–water partition coefficient (Wildman–Crippen LogP) is 7.18. The van der Waals surface area contributed by atoms with Gasteiger partial charge in [-0.3, -0.25) is 4.90 Å². The second kappa shape index (κ2) is 9.45. The van der Waals surface area contributed by atoms with Gasteiger partial charge >= 0.3 is 6.09 Å². The maximum absolute atomic E-state index is 14.9. The van der Waals surface area contributed by atoms with Crippen molar-refractivity contribution in [2.24, 2.45) is 0 Å². The van der Waals surface area contributed by atoms with Gasteiger partial charge < -0.3 is 9.47 Å². The fourth-order valence-corrected chi connectivity index (χ4v) is 6.26. The number of piperidine rings is 1. The summed E-state index contributed by atoms with van der Waals surface area (Å²) in [5.74, 6) is 0.320. The zero-order valence-corrected chi connectivity index (χ0v) is 20.5. The second-order valence-corrected chi connectivity index (χ2v) is 9.81. The van der Waals surface area contributed by atoms with Crippen LogP contribution in [0.4, 0.5) is 9.18 Å². The summed E-state index contributed by atoms with van der Waals surface area (Å²) in [5, 5.41) is 0. The lowest BCUT2D eigenvalue weighted by Gasteiger charge is -2.44. The van der Waals surface area contributed by atoms with Gasteiger partial charge in [0.15, 0.2) is 0 Å². The molecule has 2 heterocycles. The van der Waals surface area contributed by atoms with Crippen molar-refractivity contribution in [1.82, 2.24) is 4.90 Å². The van der Waals surface area contributed by atoms with Crippen LogP contribution in [0, 0.1) is 5.82 Å². The molecule has 5 heteroatoms. The highest BCUT2D eigenvalue weighted by Gasteiger charge is 2.40. The Morgan fingerprint density at radius 1 is 0.972 bits per heavy atom. The van der Waals surface area contributed by atoms with Crippen LogP contribution in [0.25, 0.3) is 16.7 Å². The summed E-state index contributed by atoms with van der Waals surface area (Å²) in [4.78, 5) is 15.3. The first-order valence-corrected chi connectivity index (χ1v) is 12.9. The summed E-state index contributed by atoms with van der Waals surface area (Å²) in [5.41, 5.74) is 6.29. The number of halogens is 1. The van der Waals surface area contributed by atoms with Gasteiger partial charge in [0.25, 0.3) is 0 Å². The van der Waals surface area contributed by atoms with Crippen LogP contribution in [-0.2, 0) is 4.74 Å². The van der Waals surface area contributed by atoms with Crippen LogP contribution in [0.2, 0.25) is 0 Å². The number of hydrogen-bond donors (Lipinski definition) is 0. The van der Waals surface area contributed by atoms with Crippen molar-refractivity contribution in [2.75, 3.05) is 13.2 Å². The van der Waals surface area contributed by atoms with Crippen molar-refractivity contribution in [3.05, 3.63) is 95.3 Å². The minimum Gasteiger partial charge on any atom is -0.493 e. The Balaban J connectivity index is 1.24. The van der Waals surface area contributed by atoms with Gasteiger partial charge in [0.05, 0.1) is 18.2 Å². The van der Waals surface area contributed by atoms with Crippen molar-refractivity contribution in [3.8, 4) is 16.9 Å². The zero-order valence-electron chi connectivity index (χ0n) is 20.5. The highest BCUT2D eigenvalue weighted by molar-refractivity contribution is 5.80. The Kier molecular flexibility index (Phi) is 6.00. The van der Waals surface area contributed by atoms with E-state index in [-0.39, 0.29) is 29.9 Å². The maximum atomic E-state index is 14.9. The normalized spacial score (nSPS) is 20.4. The van der Waals surface area contributed by atoms with Crippen molar-refractivity contribution in [2.45, 2.75) is 50.6 Å². The van der Waals surface area contributed by atoms with E-state index < -0.39 is 0 Å². The lowest BCUT2D eigenvalue weighted by Crippen LogP contribution is -2.52. The van der Waals surface area contributed by atoms with Crippen molar-refractivity contribution < 1.29 is 18.7 Å². The molecule has 0 saturated carbocycles. The first-order valence-electron chi connectivity index (χ1n) is 12.9. The number of hydrogen-bond acceptors (Lipinski definition) is 3. The number of ether oxygens (including phenoxy) is 2. The van der Waals surface area contributed by atoms with Gasteiger partial charge in [0.2, 0.25) is 0 Å². The molecule has 2 aliphatic heterocycles. The van der Waals surface area contributed by atoms with E-state index in [4.69, 9.17) is 9.47 Å². The van der Waals surface area contributed by atoms with Gasteiger partial charge in [-0.25, -0.2) is 9.18 Å². The van der Waals surface area contributed by atoms with Crippen LogP contribution >= 0.6 is 0 Å². The van der Waals surface area contributed by atoms with Gasteiger partial charge in [-0.15, -0.1) is 0 Å². The Bertz CT molecular complexity index is 1290. The molecule has 1 amide bonds. The molecule has 0 aromatic heterocycles. The molecule has 0 N–H and O–H groups in total. The summed E-state index contributed by atoms with van der Waals surface area (Å²) >= 11 is 0. The number of amides is 1. The van der Waals surface area contributed by atoms with Crippen molar-refractivity contribution in [1.29, 1.82) is 0 Å². The van der Waals surface area contributed by atoms with Gasteiger partial charge in [-0.05, 0) is 72.6 Å². The van der Waals surface area contributed by atoms with Crippen molar-refractivity contribution in [3.63, 3.8) is 0 Å². The molecule has 3 aliphatic rings. The largest absolute Gasteiger partial charge is 0.493 e. The zero-order chi connectivity index (χ0) is 24.6. The average molecular weight is 484 g/mol. The maximum Gasteiger partial charge on any atom is 0.410 e. The number of benzene rings is 3. The highest BCUT2D eigenvalue weighted by atomic mass is 19.1. The molecule has 1 saturated heterocycles. The van der Waals surface area contributed by atoms with E-state index in [9.17, 15) is 9.18 Å². The van der Waals surface area contributed by atoms with E-state index in [2.05, 4.69) is 42.5 Å². The molecular formula is C31H30FNO3. The van der Waals surface area contributed by atoms with E-state index in [1.165, 1.54) is 28.3 Å². The molecule has 1 fully saturated rings. The van der Waals surface area contributed by atoms with Gasteiger partial charge in [0, 0.05) is 12.0 Å². The molecule has 184 valence electrons. The van der Waals surface area contributed by atoms with Crippen LogP contribution in [0.15, 0.2) is 72.8 Å². The molecule has 2 atom stereocenters. The predicted molar refractivity (Wildman–Crippen MR) is 138 cm³/mol. The van der Waals surface area contributed by atoms with E-state index in [0.29, 0.717) is 30.9 Å². The van der Waals surface area contributed by atoms with Crippen LogP contribution in [-0.4, -0.2) is 36.3 Å². The topological polar surface area (TPSA) is 38.8 Å². The van der Waals surface area contributed by atoms with Crippen molar-refractivity contribution >= 4 is 11.7 Å². The number of nitrogens with zero attached hydrogens (tertiary/aromatic N) is 1. The van der Waals surface area contributed by atoms with Crippen LogP contribution in [0.1, 0.15) is 55.2 Å². The number of carbonyl (C=O) groups excluding carboxylic acids is 1. The third kappa shape index (κ3) is 3.87. The number of rotatable bonds is 5. The fraction of sp³-hybridized carbons (Fsp3) is 0.323. The molecule has 4 nitrogen and oxygen atoms in total. The Hall–Kier alpha value is -3.60. The Labute approximate surface area is 211 Å². The monoisotopic (exact) mass is 483 g/mol. The molecular weight excluding hydrogens is 453 g/mol. The minimum absolute atomic E-state index is 0.00603. The third-order valence-electron chi connectivity index (χ3n) is 7.78. The van der Waals surface area contributed by atoms with E-state index in [1.807, 2.05) is 30.0 Å². The minimum atomic E-state index is -0.278. The third-order valence-corrected chi connectivity index (χ3v) is 7.78. The number of fused-ring (bicyclic) bond motifs is 5. The molecule has 2 unspecified atom stereocenters. The van der Waals surface area contributed by atoms with Crippen LogP contribution in [0.3, 0.4) is 0 Å². The molecule has 36 heavy (non-hydrogen) atoms. The van der Waals surface area contributed by atoms with E-state index in [0.717, 1.165) is 24.8 Å². The van der Waals surface area contributed by atoms with Crippen LogP contribution < -0.4 is 4.74 Å². The standard InChI is InChI=1S/C31H30FNO3/c1-2-35-29-16-8-15-28(32)30(29)20-17-21-9-7-10-22(18-20)33(21)31(34)36-19-27-25-13-5-3-11-23(25)24-12-4-6-14-26(24)27/h3-6,8,11-17,21-22,27H,2,7,9-10,18-19H2,1H3. The molecule has 2 bridgehead atoms. The first-order chi connectivity index (χ1) is 17.7. The van der Waals surface area contributed by atoms with Gasteiger partial charge in [-0.1, -0.05) is 60.7 Å². The molecule has 6 rings (SSSR count). The summed E-state index contributed by atoms with van der Waals surface area (Å²) in [7, 11) is 0. The summed E-state index contributed by atoms with van der Waals surface area (Å²) in [6.45, 7) is 2.68. The molecule has 3 aromatic rings. The summed E-state index contributed by atoms with van der Waals surface area (Å²) < 4.78 is 26.6. The fourth-order valence-electron chi connectivity index (χ4n) is 6.26. The Morgan fingerprint density at radius 2 is 1.69 bits per heavy atom. The molecule has 3 aromatic carbocycles. The van der Waals surface area contributed by atoms with Gasteiger partial charge in [-0.2, -0.15) is 0 Å². The summed E-state index contributed by atoms with van der Waals surface area (Å²) in [6, 6.07) is 21.6. The smallest absolute Gasteiger partial charge is 0.410 e. The lowest BCUT2D eigenvalue weighted by molar-refractivity contribution is 0.0538. The van der Waals surface area contributed by atoms with Gasteiger partial charge in [0.1, 0.15) is 18.2 Å².